The van der Waals surface area contributed by atoms with Crippen molar-refractivity contribution in [2.24, 2.45) is 0 Å². The molecule has 66 valence electrons. The van der Waals surface area contributed by atoms with E-state index < -0.39 is 15.9 Å². The Morgan fingerprint density at radius 3 is 2.50 bits per heavy atom. The average Bonchev–Trinajstić information content (AvgIpc) is 1.82. The van der Waals surface area contributed by atoms with Crippen LogP contribution >= 0.6 is 0 Å². The lowest BCUT2D eigenvalue weighted by molar-refractivity contribution is 0.473. The predicted molar refractivity (Wildman–Crippen MR) is 43.4 cm³/mol. The molecule has 12 heavy (non-hydrogen) atoms. The number of hydrogen-bond donors (Lipinski definition) is 2. The van der Waals surface area contributed by atoms with E-state index in [1.165, 1.54) is 24.3 Å². The minimum Gasteiger partial charge on any atom is -0.508 e. The Balaban J connectivity index is 2.91. The van der Waals surface area contributed by atoms with Crippen molar-refractivity contribution in [3.8, 4) is 5.75 Å². The zero-order valence-electron chi connectivity index (χ0n) is 6.14. The Hall–Kier alpha value is -1.07. The van der Waals surface area contributed by atoms with E-state index in [0.717, 1.165) is 0 Å². The Morgan fingerprint density at radius 2 is 2.00 bits per heavy atom. The minimum absolute atomic E-state index is 0.0175. The lowest BCUT2D eigenvalue weighted by Gasteiger charge is -1.97. The number of rotatable bonds is 2. The van der Waals surface area contributed by atoms with Gasteiger partial charge in [-0.05, 0) is 17.7 Å². The van der Waals surface area contributed by atoms with Gasteiger partial charge in [0.15, 0.2) is 0 Å². The van der Waals surface area contributed by atoms with Gasteiger partial charge in [-0.2, -0.15) is 8.42 Å². The zero-order valence-corrected chi connectivity index (χ0v) is 6.95. The number of hydrogen-bond acceptors (Lipinski definition) is 3. The van der Waals surface area contributed by atoms with Crippen molar-refractivity contribution in [2.45, 2.75) is 5.75 Å². The van der Waals surface area contributed by atoms with Crippen LogP contribution in [0.1, 0.15) is 5.56 Å². The molecule has 0 saturated carbocycles. The Bertz CT molecular complexity index is 369. The molecule has 4 nitrogen and oxygen atoms in total. The summed E-state index contributed by atoms with van der Waals surface area (Å²) in [7, 11) is -4.01. The molecule has 1 aromatic rings. The van der Waals surface area contributed by atoms with Crippen molar-refractivity contribution in [1.29, 1.82) is 0 Å². The summed E-state index contributed by atoms with van der Waals surface area (Å²) in [6, 6.07) is 5.73. The fourth-order valence-corrected chi connectivity index (χ4v) is 1.46. The first-order chi connectivity index (χ1) is 5.47. The second kappa shape index (κ2) is 3.12. The topological polar surface area (TPSA) is 74.6 Å². The maximum atomic E-state index is 10.4. The fraction of sp³-hybridized carbons (Fsp3) is 0.143. The van der Waals surface area contributed by atoms with E-state index in [4.69, 9.17) is 9.66 Å². The maximum absolute atomic E-state index is 10.4. The Labute approximate surface area is 70.2 Å². The largest absolute Gasteiger partial charge is 0.508 e. The second-order valence-electron chi connectivity index (χ2n) is 2.40. The number of aromatic hydroxyl groups is 1. The number of phenols is 1. The van der Waals surface area contributed by atoms with Crippen LogP contribution in [0.2, 0.25) is 0 Å². The van der Waals surface area contributed by atoms with Crippen LogP contribution in [0.3, 0.4) is 0 Å². The summed E-state index contributed by atoms with van der Waals surface area (Å²) in [5.74, 6) is -0.488. The molecule has 1 rings (SSSR count). The van der Waals surface area contributed by atoms with Crippen LogP contribution in [0.4, 0.5) is 0 Å². The zero-order chi connectivity index (χ0) is 9.19. The quantitative estimate of drug-likeness (QED) is 0.672. The van der Waals surface area contributed by atoms with Crippen molar-refractivity contribution >= 4 is 10.1 Å². The highest BCUT2D eigenvalue weighted by Crippen LogP contribution is 2.12. The van der Waals surface area contributed by atoms with E-state index in [9.17, 15) is 8.42 Å². The van der Waals surface area contributed by atoms with Gasteiger partial charge in [-0.25, -0.2) is 0 Å². The smallest absolute Gasteiger partial charge is 0.269 e. The predicted octanol–water partition coefficient (Wildman–Crippen LogP) is 0.780. The average molecular weight is 188 g/mol. The van der Waals surface area contributed by atoms with Gasteiger partial charge in [0.1, 0.15) is 11.5 Å². The molecule has 0 atom stereocenters. The van der Waals surface area contributed by atoms with Crippen molar-refractivity contribution in [1.82, 2.24) is 0 Å². The lowest BCUT2D eigenvalue weighted by Crippen LogP contribution is -2.00. The molecule has 2 N–H and O–H groups in total. The molecule has 0 amide bonds. The summed E-state index contributed by atoms with van der Waals surface area (Å²) < 4.78 is 29.2. The molecule has 0 heterocycles. The highest BCUT2D eigenvalue weighted by Gasteiger charge is 2.05. The molecule has 0 aliphatic rings. The van der Waals surface area contributed by atoms with Crippen molar-refractivity contribution in [3.05, 3.63) is 29.8 Å². The first-order valence-corrected chi connectivity index (χ1v) is 4.81. The molecular formula is C7H8O4S. The summed E-state index contributed by atoms with van der Waals surface area (Å²) in [5, 5.41) is 8.93. The molecule has 0 aliphatic heterocycles. The Kier molecular flexibility index (Phi) is 2.35. The van der Waals surface area contributed by atoms with Crippen molar-refractivity contribution in [2.75, 3.05) is 0 Å². The summed E-state index contributed by atoms with van der Waals surface area (Å²) in [6.45, 7) is 0. The van der Waals surface area contributed by atoms with Crippen LogP contribution in [0.25, 0.3) is 0 Å². The van der Waals surface area contributed by atoms with Crippen LogP contribution in [0.5, 0.6) is 5.75 Å². The third-order valence-corrected chi connectivity index (χ3v) is 1.96. The third-order valence-electron chi connectivity index (χ3n) is 1.26. The van der Waals surface area contributed by atoms with Gasteiger partial charge in [0, 0.05) is 0 Å². The first kappa shape index (κ1) is 9.02. The summed E-state index contributed by atoms with van der Waals surface area (Å²) in [5.41, 5.74) is 0.359. The van der Waals surface area contributed by atoms with Gasteiger partial charge in [-0.15, -0.1) is 0 Å². The van der Waals surface area contributed by atoms with Gasteiger partial charge >= 0.3 is 0 Å². The Morgan fingerprint density at radius 1 is 1.33 bits per heavy atom. The SMILES string of the molecule is O=S(=O)(O)Cc1cccc(O)c1. The molecule has 0 radical (unpaired) electrons. The van der Waals surface area contributed by atoms with Crippen molar-refractivity contribution < 1.29 is 18.1 Å². The number of phenolic OH excluding ortho intramolecular Hbond substituents is 1. The molecule has 0 fully saturated rings. The van der Waals surface area contributed by atoms with Crippen LogP contribution in [-0.2, 0) is 15.9 Å². The molecule has 0 spiro atoms. The normalized spacial score (nSPS) is 11.4. The van der Waals surface area contributed by atoms with Crippen LogP contribution in [0.15, 0.2) is 24.3 Å². The molecule has 5 heteroatoms. The van der Waals surface area contributed by atoms with Gasteiger partial charge < -0.3 is 5.11 Å². The van der Waals surface area contributed by atoms with Crippen LogP contribution in [0, 0.1) is 0 Å². The third kappa shape index (κ3) is 2.89. The lowest BCUT2D eigenvalue weighted by atomic mass is 10.2. The van der Waals surface area contributed by atoms with Gasteiger partial charge in [-0.1, -0.05) is 12.1 Å². The molecule has 0 unspecified atom stereocenters. The van der Waals surface area contributed by atoms with Crippen LogP contribution < -0.4 is 0 Å². The molecule has 0 aliphatic carbocycles. The summed E-state index contributed by atoms with van der Waals surface area (Å²) in [4.78, 5) is 0. The van der Waals surface area contributed by atoms with E-state index in [1.54, 1.807) is 0 Å². The van der Waals surface area contributed by atoms with E-state index in [-0.39, 0.29) is 5.75 Å². The van der Waals surface area contributed by atoms with E-state index in [0.29, 0.717) is 5.56 Å². The van der Waals surface area contributed by atoms with Gasteiger partial charge in [0.25, 0.3) is 10.1 Å². The highest BCUT2D eigenvalue weighted by molar-refractivity contribution is 7.85. The molecule has 1 aromatic carbocycles. The minimum atomic E-state index is -4.01. The highest BCUT2D eigenvalue weighted by atomic mass is 32.2. The molecule has 0 saturated heterocycles. The van der Waals surface area contributed by atoms with Gasteiger partial charge in [0.05, 0.1) is 0 Å². The summed E-state index contributed by atoms with van der Waals surface area (Å²) in [6.07, 6.45) is 0. The summed E-state index contributed by atoms with van der Waals surface area (Å²) >= 11 is 0. The molecule has 0 bridgehead atoms. The van der Waals surface area contributed by atoms with Gasteiger partial charge in [-0.3, -0.25) is 4.55 Å². The van der Waals surface area contributed by atoms with E-state index in [1.807, 2.05) is 0 Å². The van der Waals surface area contributed by atoms with E-state index in [2.05, 4.69) is 0 Å². The number of benzene rings is 1. The van der Waals surface area contributed by atoms with Crippen LogP contribution in [-0.4, -0.2) is 18.1 Å². The first-order valence-electron chi connectivity index (χ1n) is 3.20. The standard InChI is InChI=1S/C7H8O4S/c8-7-3-1-2-6(4-7)5-12(9,10)11/h1-4,8H,5H2,(H,9,10,11). The van der Waals surface area contributed by atoms with E-state index >= 15 is 0 Å². The maximum Gasteiger partial charge on any atom is 0.269 e. The second-order valence-corrected chi connectivity index (χ2v) is 3.85. The molecule has 0 aromatic heterocycles. The fourth-order valence-electron chi connectivity index (χ4n) is 0.857. The monoisotopic (exact) mass is 188 g/mol. The van der Waals surface area contributed by atoms with Crippen molar-refractivity contribution in [3.63, 3.8) is 0 Å². The van der Waals surface area contributed by atoms with Gasteiger partial charge in [0.2, 0.25) is 0 Å². The molecular weight excluding hydrogens is 180 g/mol.